The highest BCUT2D eigenvalue weighted by atomic mass is 79.9. The summed E-state index contributed by atoms with van der Waals surface area (Å²) in [6.45, 7) is 0.223. The molecule has 0 aliphatic rings. The summed E-state index contributed by atoms with van der Waals surface area (Å²) >= 11 is 3.40. The van der Waals surface area contributed by atoms with Crippen LogP contribution in [0.25, 0.3) is 22.2 Å². The van der Waals surface area contributed by atoms with Crippen molar-refractivity contribution in [3.8, 4) is 17.0 Å². The van der Waals surface area contributed by atoms with Crippen molar-refractivity contribution in [3.05, 3.63) is 89.4 Å². The highest BCUT2D eigenvalue weighted by Crippen LogP contribution is 2.25. The van der Waals surface area contributed by atoms with E-state index in [1.807, 2.05) is 61.8 Å². The largest absolute Gasteiger partial charge is 0.471 e. The molecule has 8 nitrogen and oxygen atoms in total. The van der Waals surface area contributed by atoms with Crippen molar-refractivity contribution in [3.63, 3.8) is 0 Å². The number of carbonyl (C=O) groups is 1. The van der Waals surface area contributed by atoms with Gasteiger partial charge in [-0.25, -0.2) is 9.67 Å². The van der Waals surface area contributed by atoms with E-state index in [9.17, 15) is 4.79 Å². The molecule has 5 rings (SSSR count). The summed E-state index contributed by atoms with van der Waals surface area (Å²) in [5.41, 5.74) is 3.37. The summed E-state index contributed by atoms with van der Waals surface area (Å²) in [6.07, 6.45) is 6.92. The Morgan fingerprint density at radius 3 is 2.67 bits per heavy atom. The summed E-state index contributed by atoms with van der Waals surface area (Å²) in [6, 6.07) is 16.9. The lowest BCUT2D eigenvalue weighted by Gasteiger charge is -2.09. The van der Waals surface area contributed by atoms with Gasteiger partial charge in [0.15, 0.2) is 6.73 Å². The fourth-order valence-electron chi connectivity index (χ4n) is 3.43. The van der Waals surface area contributed by atoms with Crippen LogP contribution in [-0.4, -0.2) is 30.5 Å². The van der Waals surface area contributed by atoms with E-state index in [-0.39, 0.29) is 12.6 Å². The number of fused-ring (bicyclic) bond motifs is 1. The number of hydrogen-bond donors (Lipinski definition) is 1. The first-order valence-electron chi connectivity index (χ1n) is 10.2. The van der Waals surface area contributed by atoms with Gasteiger partial charge in [-0.3, -0.25) is 9.48 Å². The number of nitrogens with one attached hydrogen (secondary N) is 1. The van der Waals surface area contributed by atoms with Crippen LogP contribution >= 0.6 is 15.9 Å². The molecule has 0 aliphatic heterocycles. The van der Waals surface area contributed by atoms with Gasteiger partial charge in [0.25, 0.3) is 5.91 Å². The Labute approximate surface area is 198 Å². The van der Waals surface area contributed by atoms with E-state index in [2.05, 4.69) is 31.4 Å². The number of aryl methyl sites for hydroxylation is 1. The van der Waals surface area contributed by atoms with E-state index in [1.165, 1.54) is 0 Å². The maximum absolute atomic E-state index is 13.2. The zero-order valence-corrected chi connectivity index (χ0v) is 19.2. The molecule has 3 aromatic heterocycles. The smallest absolute Gasteiger partial charge is 0.256 e. The van der Waals surface area contributed by atoms with E-state index >= 15 is 0 Å². The van der Waals surface area contributed by atoms with Crippen LogP contribution in [0.15, 0.2) is 83.9 Å². The second kappa shape index (κ2) is 8.87. The fraction of sp³-hybridized carbons (Fsp3) is 0.0833. The fourth-order valence-corrected chi connectivity index (χ4v) is 3.70. The van der Waals surface area contributed by atoms with Gasteiger partial charge in [-0.05, 0) is 36.4 Å². The van der Waals surface area contributed by atoms with Crippen LogP contribution in [0.3, 0.4) is 0 Å². The molecule has 0 bridgehead atoms. The third kappa shape index (κ3) is 4.63. The number of aromatic nitrogens is 5. The maximum atomic E-state index is 13.2. The lowest BCUT2D eigenvalue weighted by atomic mass is 10.0. The predicted molar refractivity (Wildman–Crippen MR) is 129 cm³/mol. The van der Waals surface area contributed by atoms with Crippen LogP contribution < -0.4 is 10.1 Å². The van der Waals surface area contributed by atoms with E-state index in [0.717, 1.165) is 26.7 Å². The van der Waals surface area contributed by atoms with Crippen molar-refractivity contribution >= 4 is 38.4 Å². The number of carbonyl (C=O) groups excluding carboxylic acids is 1. The molecule has 0 aliphatic carbocycles. The number of amides is 1. The molecular formula is C24H19BrN6O2. The molecule has 1 N–H and O–H groups in total. The van der Waals surface area contributed by atoms with Gasteiger partial charge in [-0.1, -0.05) is 34.1 Å². The monoisotopic (exact) mass is 502 g/mol. The van der Waals surface area contributed by atoms with E-state index < -0.39 is 0 Å². The molecule has 0 saturated carbocycles. The van der Waals surface area contributed by atoms with Gasteiger partial charge >= 0.3 is 0 Å². The number of anilines is 1. The number of benzene rings is 2. The van der Waals surface area contributed by atoms with Crippen molar-refractivity contribution < 1.29 is 9.53 Å². The Kier molecular flexibility index (Phi) is 5.62. The Bertz CT molecular complexity index is 1440. The first-order valence-corrected chi connectivity index (χ1v) is 11.0. The second-order valence-electron chi connectivity index (χ2n) is 7.42. The SMILES string of the molecule is Cn1cc(-c2cc(C(=O)Nc3cnn(COc4ccc(Br)cc4)c3)c3ccccc3n2)cn1. The standard InChI is InChI=1S/C24H19BrN6O2/c1-30-13-16(11-26-30)23-10-21(20-4-2-3-5-22(20)29-23)24(32)28-18-12-27-31(14-18)15-33-19-8-6-17(25)7-9-19/h2-14H,15H2,1H3,(H,28,32). The summed E-state index contributed by atoms with van der Waals surface area (Å²) in [7, 11) is 1.84. The molecule has 2 aromatic carbocycles. The highest BCUT2D eigenvalue weighted by molar-refractivity contribution is 9.10. The zero-order valence-electron chi connectivity index (χ0n) is 17.6. The molecule has 33 heavy (non-hydrogen) atoms. The van der Waals surface area contributed by atoms with Crippen LogP contribution in [0.1, 0.15) is 10.4 Å². The molecule has 0 saturated heterocycles. The minimum Gasteiger partial charge on any atom is -0.471 e. The Hall–Kier alpha value is -3.98. The Morgan fingerprint density at radius 1 is 1.06 bits per heavy atom. The lowest BCUT2D eigenvalue weighted by Crippen LogP contribution is -2.13. The van der Waals surface area contributed by atoms with Gasteiger partial charge in [0.1, 0.15) is 5.75 Å². The van der Waals surface area contributed by atoms with E-state index in [4.69, 9.17) is 9.72 Å². The van der Waals surface area contributed by atoms with Crippen molar-refractivity contribution in [2.45, 2.75) is 6.73 Å². The van der Waals surface area contributed by atoms with Gasteiger partial charge in [-0.2, -0.15) is 10.2 Å². The molecule has 9 heteroatoms. The molecule has 164 valence electrons. The number of para-hydroxylation sites is 1. The number of hydrogen-bond acceptors (Lipinski definition) is 5. The van der Waals surface area contributed by atoms with Crippen LogP contribution in [0, 0.1) is 0 Å². The Balaban J connectivity index is 1.36. The van der Waals surface area contributed by atoms with Gasteiger partial charge in [0.05, 0.1) is 41.1 Å². The Morgan fingerprint density at radius 2 is 1.88 bits per heavy atom. The first kappa shape index (κ1) is 20.9. The summed E-state index contributed by atoms with van der Waals surface area (Å²) < 4.78 is 10.0. The normalized spacial score (nSPS) is 11.0. The van der Waals surface area contributed by atoms with Crippen molar-refractivity contribution in [2.24, 2.45) is 7.05 Å². The van der Waals surface area contributed by atoms with Gasteiger partial charge in [0, 0.05) is 28.7 Å². The minimum absolute atomic E-state index is 0.223. The third-order valence-electron chi connectivity index (χ3n) is 5.03. The van der Waals surface area contributed by atoms with Crippen LogP contribution in [0.5, 0.6) is 5.75 Å². The molecule has 0 radical (unpaired) electrons. The van der Waals surface area contributed by atoms with Crippen LogP contribution in [0.2, 0.25) is 0 Å². The number of halogens is 1. The number of rotatable bonds is 6. The molecule has 3 heterocycles. The van der Waals surface area contributed by atoms with Gasteiger partial charge in [-0.15, -0.1) is 0 Å². The average Bonchev–Trinajstić information content (AvgIpc) is 3.46. The van der Waals surface area contributed by atoms with Gasteiger partial charge < -0.3 is 10.1 Å². The third-order valence-corrected chi connectivity index (χ3v) is 5.56. The van der Waals surface area contributed by atoms with E-state index in [0.29, 0.717) is 16.9 Å². The van der Waals surface area contributed by atoms with Crippen molar-refractivity contribution in [1.82, 2.24) is 24.5 Å². The minimum atomic E-state index is -0.243. The summed E-state index contributed by atoms with van der Waals surface area (Å²) in [4.78, 5) is 17.9. The summed E-state index contributed by atoms with van der Waals surface area (Å²) in [5.74, 6) is 0.484. The maximum Gasteiger partial charge on any atom is 0.256 e. The predicted octanol–water partition coefficient (Wildman–Crippen LogP) is 4.88. The van der Waals surface area contributed by atoms with Gasteiger partial charge in [0.2, 0.25) is 0 Å². The van der Waals surface area contributed by atoms with Crippen molar-refractivity contribution in [2.75, 3.05) is 5.32 Å². The quantitative estimate of drug-likeness (QED) is 0.357. The lowest BCUT2D eigenvalue weighted by molar-refractivity contribution is 0.102. The first-order chi connectivity index (χ1) is 16.0. The molecule has 0 atom stereocenters. The topological polar surface area (TPSA) is 86.9 Å². The highest BCUT2D eigenvalue weighted by Gasteiger charge is 2.15. The molecule has 1 amide bonds. The van der Waals surface area contributed by atoms with Crippen LogP contribution in [-0.2, 0) is 13.8 Å². The molecule has 5 aromatic rings. The molecule has 0 unspecified atom stereocenters. The second-order valence-corrected chi connectivity index (χ2v) is 8.34. The molecular weight excluding hydrogens is 484 g/mol. The number of ether oxygens (including phenoxy) is 1. The molecule has 0 spiro atoms. The number of pyridine rings is 1. The summed E-state index contributed by atoms with van der Waals surface area (Å²) in [5, 5.41) is 12.2. The number of nitrogens with zero attached hydrogens (tertiary/aromatic N) is 5. The molecule has 0 fully saturated rings. The van der Waals surface area contributed by atoms with Crippen molar-refractivity contribution in [1.29, 1.82) is 0 Å². The average molecular weight is 503 g/mol. The zero-order chi connectivity index (χ0) is 22.8. The van der Waals surface area contributed by atoms with Crippen LogP contribution in [0.4, 0.5) is 5.69 Å². The van der Waals surface area contributed by atoms with E-state index in [1.54, 1.807) is 34.0 Å².